The molecule has 5 rings (SSSR count). The summed E-state index contributed by atoms with van der Waals surface area (Å²) in [6, 6.07) is 8.28. The van der Waals surface area contributed by atoms with E-state index in [4.69, 9.17) is 4.74 Å². The first-order valence-electron chi connectivity index (χ1n) is 9.37. The van der Waals surface area contributed by atoms with E-state index in [0.29, 0.717) is 5.92 Å². The molecule has 4 aliphatic rings. The minimum atomic E-state index is -0.436. The number of benzene rings is 1. The van der Waals surface area contributed by atoms with Gasteiger partial charge in [0.2, 0.25) is 0 Å². The molecule has 0 spiro atoms. The van der Waals surface area contributed by atoms with Gasteiger partial charge in [-0.2, -0.15) is 0 Å². The van der Waals surface area contributed by atoms with Crippen molar-refractivity contribution in [1.29, 1.82) is 0 Å². The zero-order valence-corrected chi connectivity index (χ0v) is 15.8. The van der Waals surface area contributed by atoms with E-state index >= 15 is 0 Å². The van der Waals surface area contributed by atoms with E-state index in [1.165, 1.54) is 32.4 Å². The second-order valence-electron chi connectivity index (χ2n) is 7.73. The Balaban J connectivity index is 1.58. The molecule has 4 heteroatoms. The van der Waals surface area contributed by atoms with Gasteiger partial charge >= 0.3 is 5.97 Å². The van der Waals surface area contributed by atoms with Crippen molar-refractivity contribution in [3.8, 4) is 0 Å². The number of fused-ring (bicyclic) bond motifs is 3. The number of nitrogens with zero attached hydrogens (tertiary/aromatic N) is 1. The number of ether oxygens (including phenoxy) is 1. The first-order valence-corrected chi connectivity index (χ1v) is 10.2. The minimum absolute atomic E-state index is 0.0269. The van der Waals surface area contributed by atoms with E-state index < -0.39 is 5.41 Å². The lowest BCUT2D eigenvalue weighted by molar-refractivity contribution is -0.167. The van der Waals surface area contributed by atoms with Gasteiger partial charge < -0.3 is 4.74 Å². The van der Waals surface area contributed by atoms with Crippen molar-refractivity contribution in [2.75, 3.05) is 19.6 Å². The van der Waals surface area contributed by atoms with Crippen molar-refractivity contribution in [1.82, 2.24) is 4.90 Å². The molecule has 3 nitrogen and oxygen atoms in total. The maximum Gasteiger partial charge on any atom is 0.316 e. The first-order chi connectivity index (χ1) is 11.7. The average molecular weight is 392 g/mol. The zero-order valence-electron chi connectivity index (χ0n) is 14.2. The summed E-state index contributed by atoms with van der Waals surface area (Å²) >= 11 is 3.57. The summed E-state index contributed by atoms with van der Waals surface area (Å²) in [6.45, 7) is 3.29. The molecule has 1 saturated carbocycles. The Bertz CT molecular complexity index is 603. The minimum Gasteiger partial charge on any atom is -0.460 e. The fourth-order valence-electron chi connectivity index (χ4n) is 4.85. The van der Waals surface area contributed by atoms with E-state index in [2.05, 4.69) is 33.0 Å². The van der Waals surface area contributed by atoms with Gasteiger partial charge in [-0.25, -0.2) is 0 Å². The Labute approximate surface area is 152 Å². The second-order valence-corrected chi connectivity index (χ2v) is 8.65. The molecule has 3 heterocycles. The summed E-state index contributed by atoms with van der Waals surface area (Å²) in [7, 11) is 0. The SMILES string of the molecule is O=C(OC1CN2CCC1CC2)C1(c2cccc(Br)c2)CCCCC1. The van der Waals surface area contributed by atoms with Crippen molar-refractivity contribution >= 4 is 21.9 Å². The topological polar surface area (TPSA) is 29.5 Å². The number of rotatable bonds is 3. The van der Waals surface area contributed by atoms with E-state index in [1.807, 2.05) is 12.1 Å². The van der Waals surface area contributed by atoms with Gasteiger partial charge in [0.1, 0.15) is 6.10 Å². The third-order valence-corrected chi connectivity index (χ3v) is 6.82. The molecule has 0 aromatic heterocycles. The number of hydrogen-bond acceptors (Lipinski definition) is 3. The Kier molecular flexibility index (Phi) is 4.70. The van der Waals surface area contributed by atoms with Crippen LogP contribution in [0, 0.1) is 5.92 Å². The molecule has 0 N–H and O–H groups in total. The maximum absolute atomic E-state index is 13.3. The number of piperidine rings is 3. The van der Waals surface area contributed by atoms with Gasteiger partial charge in [0, 0.05) is 11.0 Å². The summed E-state index contributed by atoms with van der Waals surface area (Å²) in [4.78, 5) is 15.8. The van der Waals surface area contributed by atoms with Gasteiger partial charge in [-0.1, -0.05) is 47.3 Å². The van der Waals surface area contributed by atoms with Gasteiger partial charge in [-0.05, 0) is 62.4 Å². The van der Waals surface area contributed by atoms with Crippen molar-refractivity contribution < 1.29 is 9.53 Å². The number of carbonyl (C=O) groups excluding carboxylic acids is 1. The largest absolute Gasteiger partial charge is 0.460 e. The molecule has 4 fully saturated rings. The van der Waals surface area contributed by atoms with Gasteiger partial charge in [-0.3, -0.25) is 9.69 Å². The molecule has 0 radical (unpaired) electrons. The molecule has 1 aromatic carbocycles. The van der Waals surface area contributed by atoms with Crippen molar-refractivity contribution in [2.24, 2.45) is 5.92 Å². The lowest BCUT2D eigenvalue weighted by Gasteiger charge is -2.45. The van der Waals surface area contributed by atoms with Crippen LogP contribution in [0.5, 0.6) is 0 Å². The van der Waals surface area contributed by atoms with E-state index in [-0.39, 0.29) is 12.1 Å². The molecule has 3 saturated heterocycles. The van der Waals surface area contributed by atoms with Crippen molar-refractivity contribution in [3.63, 3.8) is 0 Å². The van der Waals surface area contributed by atoms with Crippen LogP contribution in [0.2, 0.25) is 0 Å². The molecule has 24 heavy (non-hydrogen) atoms. The summed E-state index contributed by atoms with van der Waals surface area (Å²) in [5.74, 6) is 0.598. The average Bonchev–Trinajstić information content (AvgIpc) is 2.63. The highest BCUT2D eigenvalue weighted by Gasteiger charge is 2.45. The lowest BCUT2D eigenvalue weighted by atomic mass is 9.69. The van der Waals surface area contributed by atoms with Crippen LogP contribution >= 0.6 is 15.9 Å². The molecule has 1 aliphatic carbocycles. The standard InChI is InChI=1S/C20H26BrNO2/c21-17-6-4-5-16(13-17)20(9-2-1-3-10-20)19(23)24-18-14-22-11-7-15(18)8-12-22/h4-6,13,15,18H,1-3,7-12,14H2. The van der Waals surface area contributed by atoms with Crippen molar-refractivity contribution in [3.05, 3.63) is 34.3 Å². The maximum atomic E-state index is 13.3. The Hall–Kier alpha value is -0.870. The highest BCUT2D eigenvalue weighted by Crippen LogP contribution is 2.42. The second kappa shape index (κ2) is 6.80. The normalized spacial score (nSPS) is 31.6. The van der Waals surface area contributed by atoms with Gasteiger partial charge in [0.15, 0.2) is 0 Å². The third kappa shape index (κ3) is 3.03. The predicted octanol–water partition coefficient (Wildman–Crippen LogP) is 4.29. The van der Waals surface area contributed by atoms with Gasteiger partial charge in [0.05, 0.1) is 5.41 Å². The smallest absolute Gasteiger partial charge is 0.316 e. The third-order valence-electron chi connectivity index (χ3n) is 6.33. The lowest BCUT2D eigenvalue weighted by Crippen LogP contribution is -2.53. The number of hydrogen-bond donors (Lipinski definition) is 0. The molecule has 1 unspecified atom stereocenters. The molecule has 0 amide bonds. The number of halogens is 1. The molecule has 130 valence electrons. The zero-order chi connectivity index (χ0) is 16.6. The first kappa shape index (κ1) is 16.6. The van der Waals surface area contributed by atoms with Gasteiger partial charge in [0.25, 0.3) is 0 Å². The van der Waals surface area contributed by atoms with E-state index in [9.17, 15) is 4.79 Å². The molecule has 1 atom stereocenters. The molecule has 2 bridgehead atoms. The van der Waals surface area contributed by atoms with E-state index in [1.54, 1.807) is 0 Å². The van der Waals surface area contributed by atoms with Gasteiger partial charge in [-0.15, -0.1) is 0 Å². The molecular weight excluding hydrogens is 366 g/mol. The fraction of sp³-hybridized carbons (Fsp3) is 0.650. The molecule has 1 aromatic rings. The Morgan fingerprint density at radius 3 is 2.54 bits per heavy atom. The Morgan fingerprint density at radius 2 is 1.92 bits per heavy atom. The molecular formula is C20H26BrNO2. The van der Waals surface area contributed by atoms with Crippen LogP contribution in [-0.2, 0) is 14.9 Å². The van der Waals surface area contributed by atoms with E-state index in [0.717, 1.165) is 42.3 Å². The summed E-state index contributed by atoms with van der Waals surface area (Å²) in [5.41, 5.74) is 0.691. The summed E-state index contributed by atoms with van der Waals surface area (Å²) in [6.07, 6.45) is 7.76. The summed E-state index contributed by atoms with van der Waals surface area (Å²) < 4.78 is 7.21. The van der Waals surface area contributed by atoms with Crippen molar-refractivity contribution in [2.45, 2.75) is 56.5 Å². The monoisotopic (exact) mass is 391 g/mol. The highest BCUT2D eigenvalue weighted by molar-refractivity contribution is 9.10. The molecule has 3 aliphatic heterocycles. The van der Waals surface area contributed by atoms with Crippen LogP contribution in [-0.4, -0.2) is 36.6 Å². The van der Waals surface area contributed by atoms with Crippen LogP contribution in [0.25, 0.3) is 0 Å². The van der Waals surface area contributed by atoms with Crippen LogP contribution in [0.4, 0.5) is 0 Å². The number of carbonyl (C=O) groups is 1. The fourth-order valence-corrected chi connectivity index (χ4v) is 5.25. The summed E-state index contributed by atoms with van der Waals surface area (Å²) in [5, 5.41) is 0. The quantitative estimate of drug-likeness (QED) is 0.719. The van der Waals surface area contributed by atoms with Crippen LogP contribution < -0.4 is 0 Å². The Morgan fingerprint density at radius 1 is 1.17 bits per heavy atom. The highest BCUT2D eigenvalue weighted by atomic mass is 79.9. The number of esters is 1. The predicted molar refractivity (Wildman–Crippen MR) is 97.9 cm³/mol. The van der Waals surface area contributed by atoms with Crippen LogP contribution in [0.3, 0.4) is 0 Å². The van der Waals surface area contributed by atoms with Crippen LogP contribution in [0.15, 0.2) is 28.7 Å². The van der Waals surface area contributed by atoms with Crippen LogP contribution in [0.1, 0.15) is 50.5 Å².